The Morgan fingerprint density at radius 1 is 1.54 bits per heavy atom. The lowest BCUT2D eigenvalue weighted by atomic mass is 10.0. The van der Waals surface area contributed by atoms with Gasteiger partial charge in [-0.25, -0.2) is 0 Å². The molecule has 0 aromatic heterocycles. The lowest BCUT2D eigenvalue weighted by Gasteiger charge is -2.05. The summed E-state index contributed by atoms with van der Waals surface area (Å²) in [5, 5.41) is 19.3. The molecule has 0 atom stereocenters. The standard InChI is InChI=1S/C6H9N5O2/c7-11-8-4-3-6(9-10-6)2-1-5(12)13/h1-4H2,(H,12,13). The van der Waals surface area contributed by atoms with Crippen molar-refractivity contribution in [3.05, 3.63) is 10.4 Å². The molecule has 1 aliphatic rings. The van der Waals surface area contributed by atoms with Crippen molar-refractivity contribution in [2.45, 2.75) is 24.9 Å². The van der Waals surface area contributed by atoms with Crippen LogP contribution >= 0.6 is 0 Å². The van der Waals surface area contributed by atoms with Crippen LogP contribution in [0.15, 0.2) is 15.3 Å². The first-order valence-electron chi connectivity index (χ1n) is 3.85. The third-order valence-corrected chi connectivity index (χ3v) is 1.80. The summed E-state index contributed by atoms with van der Waals surface area (Å²) in [6, 6.07) is 0. The summed E-state index contributed by atoms with van der Waals surface area (Å²) in [6.45, 7) is 0.309. The first-order valence-corrected chi connectivity index (χ1v) is 3.85. The number of hydrogen-bond acceptors (Lipinski definition) is 4. The van der Waals surface area contributed by atoms with Gasteiger partial charge >= 0.3 is 5.97 Å². The fraction of sp³-hybridized carbons (Fsp3) is 0.833. The maximum atomic E-state index is 10.2. The number of hydrogen-bond donors (Lipinski definition) is 1. The molecule has 0 radical (unpaired) electrons. The highest BCUT2D eigenvalue weighted by molar-refractivity contribution is 5.66. The minimum Gasteiger partial charge on any atom is -0.481 e. The van der Waals surface area contributed by atoms with Crippen molar-refractivity contribution in [3.8, 4) is 0 Å². The van der Waals surface area contributed by atoms with Gasteiger partial charge in [0.05, 0.1) is 0 Å². The van der Waals surface area contributed by atoms with Crippen LogP contribution < -0.4 is 0 Å². The molecule has 1 rings (SSSR count). The van der Waals surface area contributed by atoms with Gasteiger partial charge in [0.15, 0.2) is 5.66 Å². The van der Waals surface area contributed by atoms with Gasteiger partial charge in [0.1, 0.15) is 0 Å². The molecule has 0 spiro atoms. The molecular formula is C6H9N5O2. The molecule has 0 saturated heterocycles. The van der Waals surface area contributed by atoms with Crippen molar-refractivity contribution in [2.24, 2.45) is 15.3 Å². The van der Waals surface area contributed by atoms with Crippen molar-refractivity contribution in [2.75, 3.05) is 6.54 Å². The third kappa shape index (κ3) is 3.08. The summed E-state index contributed by atoms with van der Waals surface area (Å²) in [6.07, 6.45) is 0.941. The minimum atomic E-state index is -0.861. The van der Waals surface area contributed by atoms with Gasteiger partial charge in [-0.2, -0.15) is 10.2 Å². The molecule has 1 N–H and O–H groups in total. The number of aliphatic carboxylic acids is 1. The Morgan fingerprint density at radius 3 is 2.69 bits per heavy atom. The van der Waals surface area contributed by atoms with Gasteiger partial charge in [0.25, 0.3) is 0 Å². The maximum Gasteiger partial charge on any atom is 0.303 e. The van der Waals surface area contributed by atoms with Crippen LogP contribution in [0.2, 0.25) is 0 Å². The van der Waals surface area contributed by atoms with Crippen LogP contribution in [0.25, 0.3) is 10.4 Å². The highest BCUT2D eigenvalue weighted by Gasteiger charge is 2.39. The summed E-state index contributed by atoms with van der Waals surface area (Å²) < 4.78 is 0. The quantitative estimate of drug-likeness (QED) is 0.384. The molecule has 0 fully saturated rings. The van der Waals surface area contributed by atoms with Gasteiger partial charge in [-0.05, 0) is 5.53 Å². The molecule has 0 bridgehead atoms. The average molecular weight is 183 g/mol. The van der Waals surface area contributed by atoms with E-state index in [1.165, 1.54) is 0 Å². The molecule has 0 saturated carbocycles. The van der Waals surface area contributed by atoms with Gasteiger partial charge < -0.3 is 5.11 Å². The molecule has 1 heterocycles. The van der Waals surface area contributed by atoms with Crippen molar-refractivity contribution in [1.82, 2.24) is 0 Å². The highest BCUT2D eigenvalue weighted by atomic mass is 16.4. The van der Waals surface area contributed by atoms with Crippen molar-refractivity contribution in [3.63, 3.8) is 0 Å². The van der Waals surface area contributed by atoms with Crippen molar-refractivity contribution >= 4 is 5.97 Å². The zero-order valence-corrected chi connectivity index (χ0v) is 6.92. The molecule has 0 aromatic rings. The fourth-order valence-corrected chi connectivity index (χ4v) is 0.977. The molecule has 70 valence electrons. The van der Waals surface area contributed by atoms with Crippen LogP contribution in [0.3, 0.4) is 0 Å². The van der Waals surface area contributed by atoms with Crippen LogP contribution in [0.5, 0.6) is 0 Å². The number of azide groups is 1. The van der Waals surface area contributed by atoms with E-state index in [1.54, 1.807) is 0 Å². The van der Waals surface area contributed by atoms with Crippen molar-refractivity contribution < 1.29 is 9.90 Å². The lowest BCUT2D eigenvalue weighted by Crippen LogP contribution is -2.14. The number of carbonyl (C=O) groups is 1. The molecule has 0 aromatic carbocycles. The number of rotatable bonds is 6. The Labute approximate surface area is 74.1 Å². The Morgan fingerprint density at radius 2 is 2.23 bits per heavy atom. The van der Waals surface area contributed by atoms with Crippen LogP contribution in [0, 0.1) is 0 Å². The van der Waals surface area contributed by atoms with E-state index in [-0.39, 0.29) is 6.42 Å². The molecule has 13 heavy (non-hydrogen) atoms. The summed E-state index contributed by atoms with van der Waals surface area (Å²) >= 11 is 0. The summed E-state index contributed by atoms with van der Waals surface area (Å²) in [5.74, 6) is -0.861. The predicted octanol–water partition coefficient (Wildman–Crippen LogP) is 1.71. The predicted molar refractivity (Wildman–Crippen MR) is 43.1 cm³/mol. The van der Waals surface area contributed by atoms with Gasteiger partial charge in [-0.3, -0.25) is 4.79 Å². The Balaban J connectivity index is 2.22. The molecule has 0 unspecified atom stereocenters. The van der Waals surface area contributed by atoms with E-state index in [9.17, 15) is 4.79 Å². The van der Waals surface area contributed by atoms with E-state index in [0.29, 0.717) is 19.4 Å². The second-order valence-electron chi connectivity index (χ2n) is 2.78. The second-order valence-corrected chi connectivity index (χ2v) is 2.78. The lowest BCUT2D eigenvalue weighted by molar-refractivity contribution is -0.137. The van der Waals surface area contributed by atoms with E-state index in [2.05, 4.69) is 20.3 Å². The first kappa shape index (κ1) is 9.47. The Bertz CT molecular complexity index is 267. The van der Waals surface area contributed by atoms with Crippen molar-refractivity contribution in [1.29, 1.82) is 0 Å². The monoisotopic (exact) mass is 183 g/mol. The molecule has 1 aliphatic heterocycles. The van der Waals surface area contributed by atoms with E-state index in [1.807, 2.05) is 0 Å². The van der Waals surface area contributed by atoms with Gasteiger partial charge in [-0.1, -0.05) is 5.11 Å². The normalized spacial score (nSPS) is 16.3. The van der Waals surface area contributed by atoms with Gasteiger partial charge in [-0.15, -0.1) is 0 Å². The fourth-order valence-electron chi connectivity index (χ4n) is 0.977. The third-order valence-electron chi connectivity index (χ3n) is 1.80. The Hall–Kier alpha value is -1.62. The Kier molecular flexibility index (Phi) is 2.81. The second kappa shape index (κ2) is 3.86. The van der Waals surface area contributed by atoms with E-state index in [0.717, 1.165) is 0 Å². The molecular weight excluding hydrogens is 174 g/mol. The van der Waals surface area contributed by atoms with Crippen LogP contribution in [0.1, 0.15) is 19.3 Å². The zero-order chi connectivity index (χ0) is 9.73. The summed E-state index contributed by atoms with van der Waals surface area (Å²) in [7, 11) is 0. The van der Waals surface area contributed by atoms with Gasteiger partial charge in [0.2, 0.25) is 0 Å². The molecule has 7 heteroatoms. The first-order chi connectivity index (χ1) is 6.18. The summed E-state index contributed by atoms with van der Waals surface area (Å²) in [4.78, 5) is 12.8. The van der Waals surface area contributed by atoms with Gasteiger partial charge in [0, 0.05) is 30.7 Å². The number of carboxylic acids is 1. The van der Waals surface area contributed by atoms with E-state index in [4.69, 9.17) is 10.6 Å². The van der Waals surface area contributed by atoms with Crippen LogP contribution in [0.4, 0.5) is 0 Å². The largest absolute Gasteiger partial charge is 0.481 e. The average Bonchev–Trinajstić information content (AvgIpc) is 2.83. The molecule has 0 aliphatic carbocycles. The molecule has 7 nitrogen and oxygen atoms in total. The van der Waals surface area contributed by atoms with E-state index < -0.39 is 11.6 Å². The minimum absolute atomic E-state index is 0.0449. The number of nitrogens with zero attached hydrogens (tertiary/aromatic N) is 5. The SMILES string of the molecule is [N-]=[N+]=NCCC1(CCC(=O)O)N=N1. The number of carboxylic acid groups (broad SMARTS) is 1. The van der Waals surface area contributed by atoms with Crippen LogP contribution in [-0.2, 0) is 4.79 Å². The summed E-state index contributed by atoms with van der Waals surface area (Å²) in [5.41, 5.74) is 7.44. The maximum absolute atomic E-state index is 10.2. The smallest absolute Gasteiger partial charge is 0.303 e. The highest BCUT2D eigenvalue weighted by Crippen LogP contribution is 2.36. The zero-order valence-electron chi connectivity index (χ0n) is 6.92. The van der Waals surface area contributed by atoms with E-state index >= 15 is 0 Å². The molecule has 0 amide bonds. The van der Waals surface area contributed by atoms with Crippen LogP contribution in [-0.4, -0.2) is 23.3 Å². The topological polar surface area (TPSA) is 111 Å².